The zero-order valence-electron chi connectivity index (χ0n) is 15.7. The van der Waals surface area contributed by atoms with Crippen LogP contribution in [0.15, 0.2) is 52.4 Å². The van der Waals surface area contributed by atoms with E-state index in [2.05, 4.69) is 15.0 Å². The molecule has 0 spiro atoms. The topological polar surface area (TPSA) is 37.6 Å². The molecule has 3 rings (SSSR count). The number of hydrogen-bond acceptors (Lipinski definition) is 3. The standard InChI is InChI=1S/C21H13Cl2F4N3/c1-10(28-17-5-3-12(24)7-15(17)26)19-9-14(22)20(23)21(30-19)11(2)29-18-6-4-13(25)8-16(18)27/h3-9H,1-2H3. The van der Waals surface area contributed by atoms with Crippen molar-refractivity contribution in [1.82, 2.24) is 4.98 Å². The zero-order chi connectivity index (χ0) is 22.0. The molecule has 0 amide bonds. The third-order valence-corrected chi connectivity index (χ3v) is 4.80. The molecular formula is C21H13Cl2F4N3. The highest BCUT2D eigenvalue weighted by Gasteiger charge is 2.15. The van der Waals surface area contributed by atoms with Gasteiger partial charge in [0.2, 0.25) is 0 Å². The summed E-state index contributed by atoms with van der Waals surface area (Å²) < 4.78 is 54.0. The number of aromatic nitrogens is 1. The van der Waals surface area contributed by atoms with Crippen LogP contribution < -0.4 is 0 Å². The van der Waals surface area contributed by atoms with Crippen LogP contribution in [0.25, 0.3) is 0 Å². The maximum absolute atomic E-state index is 13.9. The van der Waals surface area contributed by atoms with E-state index in [0.717, 1.165) is 12.1 Å². The fraction of sp³-hybridized carbons (Fsp3) is 0.0952. The van der Waals surface area contributed by atoms with Crippen LogP contribution >= 0.6 is 23.2 Å². The minimum absolute atomic E-state index is 0.0740. The molecule has 1 aromatic heterocycles. The molecule has 0 bridgehead atoms. The predicted octanol–water partition coefficient (Wildman–Crippen LogP) is 7.23. The Hall–Kier alpha value is -2.77. The van der Waals surface area contributed by atoms with Crippen LogP contribution in [-0.2, 0) is 0 Å². The van der Waals surface area contributed by atoms with Gasteiger partial charge < -0.3 is 0 Å². The van der Waals surface area contributed by atoms with Crippen LogP contribution in [0.3, 0.4) is 0 Å². The summed E-state index contributed by atoms with van der Waals surface area (Å²) in [6.45, 7) is 3.09. The molecule has 0 saturated carbocycles. The lowest BCUT2D eigenvalue weighted by Gasteiger charge is -2.09. The third-order valence-electron chi connectivity index (χ3n) is 4.02. The van der Waals surface area contributed by atoms with E-state index in [9.17, 15) is 17.6 Å². The first kappa shape index (κ1) is 21.9. The van der Waals surface area contributed by atoms with Crippen molar-refractivity contribution in [1.29, 1.82) is 0 Å². The molecule has 30 heavy (non-hydrogen) atoms. The molecule has 2 aromatic carbocycles. The van der Waals surface area contributed by atoms with Crippen molar-refractivity contribution in [2.45, 2.75) is 13.8 Å². The largest absolute Gasteiger partial charge is 0.248 e. The molecule has 0 radical (unpaired) electrons. The summed E-state index contributed by atoms with van der Waals surface area (Å²) in [5.41, 5.74) is 0.722. The Morgan fingerprint density at radius 3 is 1.77 bits per heavy atom. The highest BCUT2D eigenvalue weighted by Crippen LogP contribution is 2.29. The molecule has 0 N–H and O–H groups in total. The molecule has 0 aliphatic rings. The van der Waals surface area contributed by atoms with E-state index in [1.165, 1.54) is 25.1 Å². The van der Waals surface area contributed by atoms with E-state index >= 15 is 0 Å². The fourth-order valence-electron chi connectivity index (χ4n) is 2.54. The van der Waals surface area contributed by atoms with Crippen LogP contribution in [-0.4, -0.2) is 16.4 Å². The van der Waals surface area contributed by atoms with Gasteiger partial charge in [-0.1, -0.05) is 23.2 Å². The van der Waals surface area contributed by atoms with Crippen LogP contribution in [0.2, 0.25) is 10.0 Å². The summed E-state index contributed by atoms with van der Waals surface area (Å²) in [6.07, 6.45) is 0. The van der Waals surface area contributed by atoms with Crippen molar-refractivity contribution in [3.63, 3.8) is 0 Å². The van der Waals surface area contributed by atoms with Gasteiger partial charge in [-0.2, -0.15) is 0 Å². The van der Waals surface area contributed by atoms with Crippen molar-refractivity contribution in [3.8, 4) is 0 Å². The lowest BCUT2D eigenvalue weighted by atomic mass is 10.2. The summed E-state index contributed by atoms with van der Waals surface area (Å²) in [6, 6.07) is 7.37. The highest BCUT2D eigenvalue weighted by atomic mass is 35.5. The summed E-state index contributed by atoms with van der Waals surface area (Å²) in [5, 5.41) is 0.199. The maximum atomic E-state index is 13.9. The average molecular weight is 454 g/mol. The van der Waals surface area contributed by atoms with Crippen molar-refractivity contribution >= 4 is 46.0 Å². The van der Waals surface area contributed by atoms with Crippen molar-refractivity contribution in [2.24, 2.45) is 9.98 Å². The molecule has 154 valence electrons. The van der Waals surface area contributed by atoms with E-state index in [0.29, 0.717) is 12.1 Å². The van der Waals surface area contributed by atoms with E-state index in [1.54, 1.807) is 6.92 Å². The lowest BCUT2D eigenvalue weighted by molar-refractivity contribution is 0.584. The van der Waals surface area contributed by atoms with E-state index < -0.39 is 23.3 Å². The van der Waals surface area contributed by atoms with Gasteiger partial charge in [0.1, 0.15) is 17.3 Å². The van der Waals surface area contributed by atoms with E-state index in [4.69, 9.17) is 23.2 Å². The minimum Gasteiger partial charge on any atom is -0.248 e. The molecule has 0 aliphatic carbocycles. The first-order chi connectivity index (χ1) is 14.2. The number of benzene rings is 2. The Bertz CT molecular complexity index is 1190. The quantitative estimate of drug-likeness (QED) is 0.303. The Kier molecular flexibility index (Phi) is 6.53. The summed E-state index contributed by atoms with van der Waals surface area (Å²) in [5.74, 6) is -3.14. The molecule has 0 unspecified atom stereocenters. The van der Waals surface area contributed by atoms with Gasteiger partial charge in [0, 0.05) is 12.1 Å². The molecule has 0 saturated heterocycles. The van der Waals surface area contributed by atoms with Gasteiger partial charge in [-0.15, -0.1) is 0 Å². The summed E-state index contributed by atoms with van der Waals surface area (Å²) >= 11 is 12.4. The first-order valence-electron chi connectivity index (χ1n) is 8.53. The Labute approximate surface area is 179 Å². The third kappa shape index (κ3) is 4.86. The number of nitrogens with zero attached hydrogens (tertiary/aromatic N) is 3. The Morgan fingerprint density at radius 1 is 0.767 bits per heavy atom. The molecular weight excluding hydrogens is 441 g/mol. The number of aliphatic imine (C=N–C) groups is 2. The van der Waals surface area contributed by atoms with Crippen LogP contribution in [0.4, 0.5) is 28.9 Å². The second kappa shape index (κ2) is 8.93. The van der Waals surface area contributed by atoms with Gasteiger partial charge in [-0.25, -0.2) is 32.5 Å². The highest BCUT2D eigenvalue weighted by molar-refractivity contribution is 6.44. The second-order valence-electron chi connectivity index (χ2n) is 6.24. The Balaban J connectivity index is 2.05. The van der Waals surface area contributed by atoms with Crippen molar-refractivity contribution in [3.05, 3.63) is 87.2 Å². The molecule has 0 atom stereocenters. The first-order valence-corrected chi connectivity index (χ1v) is 9.28. The van der Waals surface area contributed by atoms with Crippen LogP contribution in [0, 0.1) is 23.3 Å². The SMILES string of the molecule is CC(=Nc1ccc(F)cc1F)c1cc(Cl)c(Cl)c(C(C)=Nc2ccc(F)cc2F)n1. The molecule has 0 fully saturated rings. The van der Waals surface area contributed by atoms with Gasteiger partial charge in [0.25, 0.3) is 0 Å². The second-order valence-corrected chi connectivity index (χ2v) is 7.02. The van der Waals surface area contributed by atoms with Crippen LogP contribution in [0.5, 0.6) is 0 Å². The lowest BCUT2D eigenvalue weighted by Crippen LogP contribution is -2.07. The van der Waals surface area contributed by atoms with Crippen molar-refractivity contribution < 1.29 is 17.6 Å². The van der Waals surface area contributed by atoms with Crippen molar-refractivity contribution in [2.75, 3.05) is 0 Å². The number of pyridine rings is 1. The van der Waals surface area contributed by atoms with E-state index in [-0.39, 0.29) is 44.2 Å². The molecule has 1 heterocycles. The number of rotatable bonds is 4. The monoisotopic (exact) mass is 453 g/mol. The fourth-order valence-corrected chi connectivity index (χ4v) is 2.97. The molecule has 0 aliphatic heterocycles. The van der Waals surface area contributed by atoms with Gasteiger partial charge in [0.15, 0.2) is 11.6 Å². The van der Waals surface area contributed by atoms with Gasteiger partial charge in [-0.05, 0) is 44.2 Å². The van der Waals surface area contributed by atoms with E-state index in [1.807, 2.05) is 0 Å². The number of halogens is 6. The maximum Gasteiger partial charge on any atom is 0.151 e. The average Bonchev–Trinajstić information content (AvgIpc) is 2.68. The van der Waals surface area contributed by atoms with Gasteiger partial charge >= 0.3 is 0 Å². The normalized spacial score (nSPS) is 12.4. The summed E-state index contributed by atoms with van der Waals surface area (Å²) in [7, 11) is 0. The number of hydrogen-bond donors (Lipinski definition) is 0. The zero-order valence-corrected chi connectivity index (χ0v) is 17.2. The van der Waals surface area contributed by atoms with Crippen LogP contribution in [0.1, 0.15) is 25.2 Å². The Morgan fingerprint density at radius 2 is 1.27 bits per heavy atom. The smallest absolute Gasteiger partial charge is 0.151 e. The minimum atomic E-state index is -0.850. The molecule has 3 nitrogen and oxygen atoms in total. The molecule has 9 heteroatoms. The van der Waals surface area contributed by atoms with Gasteiger partial charge in [0.05, 0.1) is 38.5 Å². The van der Waals surface area contributed by atoms with Gasteiger partial charge in [-0.3, -0.25) is 0 Å². The molecule has 3 aromatic rings. The summed E-state index contributed by atoms with van der Waals surface area (Å²) in [4.78, 5) is 12.6. The predicted molar refractivity (Wildman–Crippen MR) is 111 cm³/mol.